The van der Waals surface area contributed by atoms with E-state index in [9.17, 15) is 9.90 Å². The average molecular weight is 327 g/mol. The number of anilines is 1. The lowest BCUT2D eigenvalue weighted by molar-refractivity contribution is 0.102. The highest BCUT2D eigenvalue weighted by molar-refractivity contribution is 6.06. The summed E-state index contributed by atoms with van der Waals surface area (Å²) in [6.45, 7) is -0.213. The number of benzene rings is 1. The molecular weight excluding hydrogens is 310 g/mol. The lowest BCUT2D eigenvalue weighted by Crippen LogP contribution is -2.15. The SMILES string of the molecule is O=C(Nc1ncnc2c1ncn2C(CO)CCO)c1ccccc1. The molecular formula is C16H17N5O3. The monoisotopic (exact) mass is 327 g/mol. The van der Waals surface area contributed by atoms with Gasteiger partial charge in [0.25, 0.3) is 5.91 Å². The lowest BCUT2D eigenvalue weighted by atomic mass is 10.2. The van der Waals surface area contributed by atoms with Crippen molar-refractivity contribution in [2.45, 2.75) is 12.5 Å². The molecule has 1 atom stereocenters. The predicted octanol–water partition coefficient (Wildman–Crippen LogP) is 0.994. The maximum atomic E-state index is 12.3. The molecule has 124 valence electrons. The third-order valence-corrected chi connectivity index (χ3v) is 3.69. The van der Waals surface area contributed by atoms with E-state index in [4.69, 9.17) is 5.11 Å². The Labute approximate surface area is 137 Å². The third kappa shape index (κ3) is 3.10. The number of carbonyl (C=O) groups is 1. The van der Waals surface area contributed by atoms with Crippen LogP contribution in [0.3, 0.4) is 0 Å². The summed E-state index contributed by atoms with van der Waals surface area (Å²) in [5, 5.41) is 21.3. The Morgan fingerprint density at radius 1 is 1.17 bits per heavy atom. The van der Waals surface area contributed by atoms with Crippen LogP contribution < -0.4 is 5.32 Å². The predicted molar refractivity (Wildman–Crippen MR) is 87.5 cm³/mol. The highest BCUT2D eigenvalue weighted by atomic mass is 16.3. The number of nitrogens with zero attached hydrogens (tertiary/aromatic N) is 4. The van der Waals surface area contributed by atoms with Crippen molar-refractivity contribution < 1.29 is 15.0 Å². The summed E-state index contributed by atoms with van der Waals surface area (Å²) in [7, 11) is 0. The fourth-order valence-corrected chi connectivity index (χ4v) is 2.45. The minimum Gasteiger partial charge on any atom is -0.396 e. The first kappa shape index (κ1) is 16.0. The Hall–Kier alpha value is -2.84. The molecule has 3 aromatic rings. The normalized spacial score (nSPS) is 12.2. The second-order valence-electron chi connectivity index (χ2n) is 5.22. The van der Waals surface area contributed by atoms with E-state index in [2.05, 4.69) is 20.3 Å². The molecule has 2 heterocycles. The van der Waals surface area contributed by atoms with Gasteiger partial charge in [-0.3, -0.25) is 4.79 Å². The highest BCUT2D eigenvalue weighted by Gasteiger charge is 2.17. The maximum absolute atomic E-state index is 12.3. The molecule has 0 spiro atoms. The Bertz CT molecular complexity index is 834. The Kier molecular flexibility index (Phi) is 4.78. The second-order valence-corrected chi connectivity index (χ2v) is 5.22. The van der Waals surface area contributed by atoms with Crippen molar-refractivity contribution >= 4 is 22.9 Å². The van der Waals surface area contributed by atoms with Crippen molar-refractivity contribution in [3.05, 3.63) is 48.5 Å². The summed E-state index contributed by atoms with van der Waals surface area (Å²) in [5.41, 5.74) is 1.43. The van der Waals surface area contributed by atoms with E-state index in [1.54, 1.807) is 28.8 Å². The van der Waals surface area contributed by atoms with Gasteiger partial charge in [0.1, 0.15) is 6.33 Å². The molecule has 1 aromatic carbocycles. The molecule has 1 unspecified atom stereocenters. The van der Waals surface area contributed by atoms with E-state index in [0.717, 1.165) is 0 Å². The lowest BCUT2D eigenvalue weighted by Gasteiger charge is -2.14. The number of imidazole rings is 1. The zero-order chi connectivity index (χ0) is 16.9. The number of fused-ring (bicyclic) bond motifs is 1. The Morgan fingerprint density at radius 3 is 2.67 bits per heavy atom. The van der Waals surface area contributed by atoms with E-state index in [0.29, 0.717) is 29.0 Å². The molecule has 0 bridgehead atoms. The number of hydrogen-bond acceptors (Lipinski definition) is 6. The highest BCUT2D eigenvalue weighted by Crippen LogP contribution is 2.22. The quantitative estimate of drug-likeness (QED) is 0.622. The summed E-state index contributed by atoms with van der Waals surface area (Å²) in [6.07, 6.45) is 3.22. The zero-order valence-corrected chi connectivity index (χ0v) is 12.8. The van der Waals surface area contributed by atoms with E-state index in [1.165, 1.54) is 12.7 Å². The van der Waals surface area contributed by atoms with Gasteiger partial charge in [-0.2, -0.15) is 0 Å². The minimum absolute atomic E-state index is 0.0619. The Balaban J connectivity index is 1.93. The summed E-state index contributed by atoms with van der Waals surface area (Å²) in [4.78, 5) is 24.8. The minimum atomic E-state index is -0.340. The van der Waals surface area contributed by atoms with Crippen molar-refractivity contribution in [3.8, 4) is 0 Å². The van der Waals surface area contributed by atoms with E-state index in [1.807, 2.05) is 6.07 Å². The van der Waals surface area contributed by atoms with Crippen LogP contribution in [-0.4, -0.2) is 48.9 Å². The summed E-state index contributed by atoms with van der Waals surface area (Å²) >= 11 is 0. The average Bonchev–Trinajstić information content (AvgIpc) is 3.05. The van der Waals surface area contributed by atoms with Gasteiger partial charge < -0.3 is 20.1 Å². The first-order valence-corrected chi connectivity index (χ1v) is 7.50. The van der Waals surface area contributed by atoms with Crippen molar-refractivity contribution in [3.63, 3.8) is 0 Å². The summed E-state index contributed by atoms with van der Waals surface area (Å²) in [6, 6.07) is 8.45. The van der Waals surface area contributed by atoms with Gasteiger partial charge in [0.2, 0.25) is 0 Å². The summed E-state index contributed by atoms with van der Waals surface area (Å²) in [5.74, 6) is 0.00695. The molecule has 0 aliphatic rings. The molecule has 0 radical (unpaired) electrons. The van der Waals surface area contributed by atoms with Gasteiger partial charge >= 0.3 is 0 Å². The van der Waals surface area contributed by atoms with Crippen molar-refractivity contribution in [2.24, 2.45) is 0 Å². The number of rotatable bonds is 6. The number of aliphatic hydroxyl groups is 2. The molecule has 8 heteroatoms. The first-order valence-electron chi connectivity index (χ1n) is 7.50. The topological polar surface area (TPSA) is 113 Å². The summed E-state index contributed by atoms with van der Waals surface area (Å²) < 4.78 is 1.67. The van der Waals surface area contributed by atoms with Crippen LogP contribution in [0.1, 0.15) is 22.8 Å². The van der Waals surface area contributed by atoms with Gasteiger partial charge in [-0.05, 0) is 18.6 Å². The number of nitrogens with one attached hydrogen (secondary N) is 1. The van der Waals surface area contributed by atoms with Crippen LogP contribution in [0.5, 0.6) is 0 Å². The third-order valence-electron chi connectivity index (χ3n) is 3.69. The van der Waals surface area contributed by atoms with Crippen LogP contribution in [-0.2, 0) is 0 Å². The number of aliphatic hydroxyl groups excluding tert-OH is 2. The van der Waals surface area contributed by atoms with Crippen molar-refractivity contribution in [2.75, 3.05) is 18.5 Å². The van der Waals surface area contributed by atoms with Crippen LogP contribution in [0, 0.1) is 0 Å². The molecule has 0 aliphatic heterocycles. The van der Waals surface area contributed by atoms with Gasteiger partial charge in [-0.1, -0.05) is 18.2 Å². The number of carbonyl (C=O) groups excluding carboxylic acids is 1. The molecule has 3 rings (SSSR count). The molecule has 0 saturated carbocycles. The fourth-order valence-electron chi connectivity index (χ4n) is 2.45. The van der Waals surface area contributed by atoms with Gasteiger partial charge in [-0.25, -0.2) is 15.0 Å². The molecule has 2 aromatic heterocycles. The van der Waals surface area contributed by atoms with Gasteiger partial charge in [0, 0.05) is 12.2 Å². The first-order chi connectivity index (χ1) is 11.7. The van der Waals surface area contributed by atoms with E-state index >= 15 is 0 Å². The second kappa shape index (κ2) is 7.16. The van der Waals surface area contributed by atoms with Gasteiger partial charge in [0.05, 0.1) is 19.0 Å². The van der Waals surface area contributed by atoms with Crippen LogP contribution in [0.2, 0.25) is 0 Å². The van der Waals surface area contributed by atoms with Crippen LogP contribution in [0.25, 0.3) is 11.2 Å². The smallest absolute Gasteiger partial charge is 0.256 e. The van der Waals surface area contributed by atoms with Crippen LogP contribution in [0.15, 0.2) is 43.0 Å². The standard InChI is InChI=1S/C16H17N5O3/c22-7-6-12(8-23)21-10-19-13-14(17-9-18-15(13)21)20-16(24)11-4-2-1-3-5-11/h1-5,9-10,12,22-23H,6-8H2,(H,17,18,20,24). The van der Waals surface area contributed by atoms with Crippen molar-refractivity contribution in [1.29, 1.82) is 0 Å². The van der Waals surface area contributed by atoms with Gasteiger partial charge in [0.15, 0.2) is 17.0 Å². The van der Waals surface area contributed by atoms with E-state index < -0.39 is 0 Å². The molecule has 0 saturated heterocycles. The number of hydrogen-bond donors (Lipinski definition) is 3. The van der Waals surface area contributed by atoms with Gasteiger partial charge in [-0.15, -0.1) is 0 Å². The van der Waals surface area contributed by atoms with Crippen LogP contribution in [0.4, 0.5) is 5.82 Å². The van der Waals surface area contributed by atoms with Crippen LogP contribution >= 0.6 is 0 Å². The maximum Gasteiger partial charge on any atom is 0.256 e. The molecule has 1 amide bonds. The molecule has 0 fully saturated rings. The Morgan fingerprint density at radius 2 is 1.96 bits per heavy atom. The largest absolute Gasteiger partial charge is 0.396 e. The molecule has 0 aliphatic carbocycles. The fraction of sp³-hybridized carbons (Fsp3) is 0.250. The van der Waals surface area contributed by atoms with E-state index in [-0.39, 0.29) is 25.2 Å². The zero-order valence-electron chi connectivity index (χ0n) is 12.8. The number of amides is 1. The molecule has 3 N–H and O–H groups in total. The van der Waals surface area contributed by atoms with Crippen molar-refractivity contribution in [1.82, 2.24) is 19.5 Å². The molecule has 24 heavy (non-hydrogen) atoms. The number of aromatic nitrogens is 4. The molecule has 8 nitrogen and oxygen atoms in total.